The minimum atomic E-state index is -0.516. The zero-order chi connectivity index (χ0) is 11.0. The minimum Gasteiger partial charge on any atom is -0.465 e. The maximum atomic E-state index is 11.2. The molecule has 0 radical (unpaired) electrons. The number of methoxy groups -OCH3 is 1. The number of nitrogens with one attached hydrogen (secondary N) is 1. The molecule has 0 saturated heterocycles. The SMILES string of the molecule is C=C(CCl)C(=CC=CNO)C(=O)OC. The summed E-state index contributed by atoms with van der Waals surface area (Å²) in [6.07, 6.45) is 4.12. The first kappa shape index (κ1) is 12.7. The van der Waals surface area contributed by atoms with Crippen LogP contribution in [0.2, 0.25) is 0 Å². The van der Waals surface area contributed by atoms with E-state index in [2.05, 4.69) is 11.3 Å². The molecule has 0 aliphatic rings. The zero-order valence-corrected chi connectivity index (χ0v) is 8.54. The molecule has 0 aromatic carbocycles. The minimum absolute atomic E-state index is 0.140. The monoisotopic (exact) mass is 217 g/mol. The predicted molar refractivity (Wildman–Crippen MR) is 54.0 cm³/mol. The Morgan fingerprint density at radius 2 is 2.36 bits per heavy atom. The van der Waals surface area contributed by atoms with Gasteiger partial charge in [-0.25, -0.2) is 4.79 Å². The van der Waals surface area contributed by atoms with Gasteiger partial charge in [0.2, 0.25) is 0 Å². The highest BCUT2D eigenvalue weighted by molar-refractivity contribution is 6.20. The topological polar surface area (TPSA) is 58.6 Å². The van der Waals surface area contributed by atoms with Gasteiger partial charge in [0.05, 0.1) is 12.7 Å². The van der Waals surface area contributed by atoms with Crippen molar-refractivity contribution in [2.45, 2.75) is 0 Å². The number of hydroxylamine groups is 1. The molecule has 0 aromatic rings. The fraction of sp³-hybridized carbons (Fsp3) is 0.222. The van der Waals surface area contributed by atoms with Crippen molar-refractivity contribution in [2.75, 3.05) is 13.0 Å². The lowest BCUT2D eigenvalue weighted by molar-refractivity contribution is -0.135. The number of ether oxygens (including phenoxy) is 1. The van der Waals surface area contributed by atoms with Crippen LogP contribution < -0.4 is 5.48 Å². The van der Waals surface area contributed by atoms with Crippen molar-refractivity contribution >= 4 is 17.6 Å². The molecule has 0 rings (SSSR count). The van der Waals surface area contributed by atoms with Crippen molar-refractivity contribution in [3.05, 3.63) is 36.1 Å². The number of allylic oxidation sites excluding steroid dienone is 2. The van der Waals surface area contributed by atoms with E-state index in [0.717, 1.165) is 0 Å². The molecule has 0 spiro atoms. The van der Waals surface area contributed by atoms with Crippen LogP contribution in [0.5, 0.6) is 0 Å². The molecule has 0 fully saturated rings. The second-order valence-electron chi connectivity index (χ2n) is 2.30. The first-order chi connectivity index (χ1) is 6.67. The van der Waals surface area contributed by atoms with E-state index >= 15 is 0 Å². The van der Waals surface area contributed by atoms with Gasteiger partial charge in [0, 0.05) is 12.1 Å². The Labute approximate surface area is 87.5 Å². The summed E-state index contributed by atoms with van der Waals surface area (Å²) in [5.41, 5.74) is 2.53. The van der Waals surface area contributed by atoms with Gasteiger partial charge >= 0.3 is 5.97 Å². The van der Waals surface area contributed by atoms with Gasteiger partial charge in [0.25, 0.3) is 0 Å². The van der Waals surface area contributed by atoms with Crippen LogP contribution in [0, 0.1) is 0 Å². The quantitative estimate of drug-likeness (QED) is 0.240. The van der Waals surface area contributed by atoms with Crippen LogP contribution in [0.15, 0.2) is 36.1 Å². The molecule has 0 aliphatic carbocycles. The van der Waals surface area contributed by atoms with Crippen LogP contribution in [-0.4, -0.2) is 24.2 Å². The van der Waals surface area contributed by atoms with Crippen molar-refractivity contribution < 1.29 is 14.7 Å². The molecule has 0 amide bonds. The number of rotatable bonds is 5. The summed E-state index contributed by atoms with van der Waals surface area (Å²) < 4.78 is 4.52. The second-order valence-corrected chi connectivity index (χ2v) is 2.56. The summed E-state index contributed by atoms with van der Waals surface area (Å²) in [5.74, 6) is -0.375. The molecule has 14 heavy (non-hydrogen) atoms. The lowest BCUT2D eigenvalue weighted by atomic mass is 10.1. The number of hydrogen-bond acceptors (Lipinski definition) is 4. The van der Waals surface area contributed by atoms with Crippen LogP contribution >= 0.6 is 11.6 Å². The highest BCUT2D eigenvalue weighted by atomic mass is 35.5. The van der Waals surface area contributed by atoms with Crippen molar-refractivity contribution in [1.82, 2.24) is 5.48 Å². The zero-order valence-electron chi connectivity index (χ0n) is 7.79. The van der Waals surface area contributed by atoms with Gasteiger partial charge in [-0.2, -0.15) is 0 Å². The van der Waals surface area contributed by atoms with E-state index in [4.69, 9.17) is 16.8 Å². The smallest absolute Gasteiger partial charge is 0.338 e. The fourth-order valence-electron chi connectivity index (χ4n) is 0.700. The van der Waals surface area contributed by atoms with Crippen LogP contribution in [0.1, 0.15) is 0 Å². The maximum Gasteiger partial charge on any atom is 0.338 e. The summed E-state index contributed by atoms with van der Waals surface area (Å²) in [4.78, 5) is 11.2. The predicted octanol–water partition coefficient (Wildman–Crippen LogP) is 1.37. The first-order valence-electron chi connectivity index (χ1n) is 3.76. The van der Waals surface area contributed by atoms with E-state index in [0.29, 0.717) is 5.57 Å². The Hall–Kier alpha value is -1.26. The Bertz CT molecular complexity index is 253. The normalized spacial score (nSPS) is 11.5. The molecule has 2 N–H and O–H groups in total. The van der Waals surface area contributed by atoms with Gasteiger partial charge in [-0.05, 0) is 17.7 Å². The summed E-state index contributed by atoms with van der Waals surface area (Å²) in [6.45, 7) is 3.60. The van der Waals surface area contributed by atoms with E-state index in [1.54, 1.807) is 5.48 Å². The fourth-order valence-corrected chi connectivity index (χ4v) is 0.844. The summed E-state index contributed by atoms with van der Waals surface area (Å²) in [7, 11) is 1.27. The summed E-state index contributed by atoms with van der Waals surface area (Å²) in [6, 6.07) is 0. The maximum absolute atomic E-state index is 11.2. The molecule has 0 bridgehead atoms. The molecule has 4 nitrogen and oxygen atoms in total. The van der Waals surface area contributed by atoms with Crippen LogP contribution in [-0.2, 0) is 9.53 Å². The van der Waals surface area contributed by atoms with Gasteiger partial charge in [-0.3, -0.25) is 10.7 Å². The van der Waals surface area contributed by atoms with Crippen molar-refractivity contribution in [3.63, 3.8) is 0 Å². The number of carbonyl (C=O) groups excluding carboxylic acids is 1. The average molecular weight is 218 g/mol. The van der Waals surface area contributed by atoms with E-state index in [9.17, 15) is 4.79 Å². The lowest BCUT2D eigenvalue weighted by Gasteiger charge is -2.04. The third kappa shape index (κ3) is 4.11. The van der Waals surface area contributed by atoms with E-state index in [-0.39, 0.29) is 11.5 Å². The van der Waals surface area contributed by atoms with Crippen molar-refractivity contribution in [1.29, 1.82) is 0 Å². The lowest BCUT2D eigenvalue weighted by Crippen LogP contribution is -2.07. The third-order valence-corrected chi connectivity index (χ3v) is 1.70. The van der Waals surface area contributed by atoms with Gasteiger partial charge in [0.1, 0.15) is 0 Å². The Morgan fingerprint density at radius 3 is 2.79 bits per heavy atom. The Kier molecular flexibility index (Phi) is 6.53. The molecule has 5 heteroatoms. The summed E-state index contributed by atoms with van der Waals surface area (Å²) in [5, 5.41) is 8.24. The Balaban J connectivity index is 4.71. The van der Waals surface area contributed by atoms with Crippen molar-refractivity contribution in [3.8, 4) is 0 Å². The number of hydrogen-bond donors (Lipinski definition) is 2. The molecule has 0 heterocycles. The molecule has 0 atom stereocenters. The molecule has 0 aliphatic heterocycles. The van der Waals surface area contributed by atoms with Crippen molar-refractivity contribution in [2.24, 2.45) is 0 Å². The Morgan fingerprint density at radius 1 is 1.71 bits per heavy atom. The van der Waals surface area contributed by atoms with E-state index in [1.165, 1.54) is 25.5 Å². The molecule has 0 unspecified atom stereocenters. The van der Waals surface area contributed by atoms with Crippen LogP contribution in [0.4, 0.5) is 0 Å². The number of carbonyl (C=O) groups is 1. The van der Waals surface area contributed by atoms with E-state index in [1.807, 2.05) is 0 Å². The highest BCUT2D eigenvalue weighted by Crippen LogP contribution is 2.11. The van der Waals surface area contributed by atoms with Gasteiger partial charge in [-0.15, -0.1) is 11.6 Å². The van der Waals surface area contributed by atoms with Gasteiger partial charge in [-0.1, -0.05) is 6.58 Å². The molecular formula is C9H12ClNO3. The third-order valence-electron chi connectivity index (χ3n) is 1.38. The number of alkyl halides is 1. The van der Waals surface area contributed by atoms with Gasteiger partial charge in [0.15, 0.2) is 0 Å². The van der Waals surface area contributed by atoms with E-state index < -0.39 is 5.97 Å². The average Bonchev–Trinajstić information content (AvgIpc) is 2.22. The number of esters is 1. The highest BCUT2D eigenvalue weighted by Gasteiger charge is 2.11. The van der Waals surface area contributed by atoms with Crippen LogP contribution in [0.3, 0.4) is 0 Å². The van der Waals surface area contributed by atoms with Crippen LogP contribution in [0.25, 0.3) is 0 Å². The standard InChI is InChI=1S/C9H12ClNO3/c1-7(6-10)8(9(12)14-2)4-3-5-11-13/h3-5,11,13H,1,6H2,2H3. The largest absolute Gasteiger partial charge is 0.465 e. The van der Waals surface area contributed by atoms with Gasteiger partial charge < -0.3 is 4.74 Å². The first-order valence-corrected chi connectivity index (χ1v) is 4.29. The molecule has 0 aromatic heterocycles. The second kappa shape index (κ2) is 7.17. The number of halogens is 1. The molecular weight excluding hydrogens is 206 g/mol. The molecule has 0 saturated carbocycles. The molecule has 78 valence electrons. The summed E-state index contributed by atoms with van der Waals surface area (Å²) >= 11 is 5.52.